The molecular formula is C42H52BrN15. The Kier molecular flexibility index (Phi) is 18.4. The molecule has 0 radical (unpaired) electrons. The number of nitrogens with two attached hydrogens (primary N) is 2. The van der Waals surface area contributed by atoms with E-state index in [4.69, 9.17) is 11.5 Å². The van der Waals surface area contributed by atoms with Gasteiger partial charge in [-0.1, -0.05) is 36.7 Å². The molecule has 0 amide bonds. The van der Waals surface area contributed by atoms with Crippen molar-refractivity contribution in [1.29, 1.82) is 0 Å². The number of aromatic nitrogens is 10. The molecule has 16 heteroatoms. The quantitative estimate of drug-likeness (QED) is 0.0658. The maximum absolute atomic E-state index is 5.98. The van der Waals surface area contributed by atoms with Crippen LogP contribution in [0.2, 0.25) is 0 Å². The lowest BCUT2D eigenvalue weighted by Gasteiger charge is -2.11. The highest BCUT2D eigenvalue weighted by molar-refractivity contribution is 9.10. The van der Waals surface area contributed by atoms with Crippen molar-refractivity contribution in [3.05, 3.63) is 138 Å². The van der Waals surface area contributed by atoms with Crippen molar-refractivity contribution in [1.82, 2.24) is 55.7 Å². The molecule has 0 unspecified atom stereocenters. The van der Waals surface area contributed by atoms with Crippen molar-refractivity contribution < 1.29 is 0 Å². The van der Waals surface area contributed by atoms with Crippen LogP contribution in [0.4, 0.5) is 23.0 Å². The van der Waals surface area contributed by atoms with E-state index in [2.05, 4.69) is 84.5 Å². The van der Waals surface area contributed by atoms with Gasteiger partial charge in [0.15, 0.2) is 0 Å². The minimum atomic E-state index is 0. The van der Waals surface area contributed by atoms with Gasteiger partial charge < -0.3 is 27.4 Å². The number of hydrogen-bond donors (Lipinski definition) is 6. The van der Waals surface area contributed by atoms with Crippen LogP contribution in [-0.2, 0) is 12.8 Å². The lowest BCUT2D eigenvalue weighted by atomic mass is 10.1. The van der Waals surface area contributed by atoms with Crippen LogP contribution in [0.15, 0.2) is 127 Å². The predicted molar refractivity (Wildman–Crippen MR) is 240 cm³/mol. The number of pyridine rings is 2. The average molecular weight is 847 g/mol. The molecule has 58 heavy (non-hydrogen) atoms. The zero-order valence-electron chi connectivity index (χ0n) is 32.1. The summed E-state index contributed by atoms with van der Waals surface area (Å²) in [4.78, 5) is 8.80. The average Bonchev–Trinajstić information content (AvgIpc) is 4.00. The summed E-state index contributed by atoms with van der Waals surface area (Å²) in [5.74, 6) is 0.981. The number of nitrogen functional groups attached to an aromatic ring is 2. The second-order valence-electron chi connectivity index (χ2n) is 12.5. The zero-order valence-corrected chi connectivity index (χ0v) is 33.6. The summed E-state index contributed by atoms with van der Waals surface area (Å²) in [7, 11) is 1.98. The van der Waals surface area contributed by atoms with Crippen molar-refractivity contribution in [3.8, 4) is 5.69 Å². The van der Waals surface area contributed by atoms with E-state index in [0.717, 1.165) is 87.2 Å². The normalized spacial score (nSPS) is 10.2. The third-order valence-electron chi connectivity index (χ3n) is 8.21. The van der Waals surface area contributed by atoms with Crippen LogP contribution >= 0.6 is 15.9 Å². The predicted octanol–water partition coefficient (Wildman–Crippen LogP) is 7.52. The van der Waals surface area contributed by atoms with Gasteiger partial charge in [-0.15, -0.1) is 0 Å². The minimum Gasteiger partial charge on any atom is -0.384 e. The molecule has 0 spiro atoms. The Labute approximate surface area is 347 Å². The lowest BCUT2D eigenvalue weighted by molar-refractivity contribution is 0.711. The molecule has 0 fully saturated rings. The van der Waals surface area contributed by atoms with E-state index in [0.29, 0.717) is 11.6 Å². The summed E-state index contributed by atoms with van der Waals surface area (Å²) in [6, 6.07) is 27.1. The smallest absolute Gasteiger partial charge is 0.126 e. The van der Waals surface area contributed by atoms with Crippen LogP contribution in [0.1, 0.15) is 38.6 Å². The molecule has 302 valence electrons. The van der Waals surface area contributed by atoms with Gasteiger partial charge in [0.05, 0.1) is 28.1 Å². The van der Waals surface area contributed by atoms with Crippen LogP contribution in [0.5, 0.6) is 0 Å². The Hall–Kier alpha value is -6.52. The Balaban J connectivity index is 0.000000203. The first kappa shape index (κ1) is 44.2. The fraction of sp³-hybridized carbons (Fsp3) is 0.238. The fourth-order valence-corrected chi connectivity index (χ4v) is 5.82. The number of anilines is 4. The summed E-state index contributed by atoms with van der Waals surface area (Å²) < 4.78 is 2.78. The first-order valence-corrected chi connectivity index (χ1v) is 19.4. The van der Waals surface area contributed by atoms with Crippen molar-refractivity contribution in [2.45, 2.75) is 40.0 Å². The lowest BCUT2D eigenvalue weighted by Crippen LogP contribution is -2.08. The number of unbranched alkanes of at least 4 members (excludes halogenated alkanes) is 1. The van der Waals surface area contributed by atoms with Crippen LogP contribution < -0.4 is 27.4 Å². The standard InChI is InChI=1S/C18H17N7.C15H14BrN5.C5H13N.C3H4N2.CH4/c19-18-12-16(20-9-6-13-3-1-7-21-24-13)15-5-4-14(11-17(15)23-18)25-10-2-8-22-25;16-10-3-4-12-13(9-15(17)20-14(12)8-10)18-7-5-11-2-1-6-19-21-11;1-3-4-5-6-2;1-2-4-5-3-1;/h1-5,7-8,10-12H,6,9H2,(H3,19,20,23);1-4,6,8-9H,5,7H2,(H3,17,18,20);6H,3-5H2,1-2H3;1-3H,(H,4,5);1H4. The van der Waals surface area contributed by atoms with Crippen LogP contribution in [0, 0.1) is 0 Å². The van der Waals surface area contributed by atoms with Crippen LogP contribution in [0.25, 0.3) is 27.5 Å². The SMILES string of the molecule is C.CCCCNC.Nc1cc(NCCc2cccnn2)c2ccc(-n3cccn3)cc2n1.Nc1cc(NCCc2cccnn2)c2ccc(Br)cc2n1.c1cn[nH]c1. The molecule has 0 aliphatic heterocycles. The maximum atomic E-state index is 5.98. The van der Waals surface area contributed by atoms with Gasteiger partial charge in [-0.25, -0.2) is 14.6 Å². The Morgan fingerprint density at radius 3 is 1.79 bits per heavy atom. The topological polar surface area (TPSA) is 212 Å². The Morgan fingerprint density at radius 1 is 0.707 bits per heavy atom. The number of aromatic amines is 1. The van der Waals surface area contributed by atoms with Gasteiger partial charge in [0.1, 0.15) is 11.6 Å². The number of H-pyrrole nitrogens is 1. The molecule has 6 heterocycles. The molecular weight excluding hydrogens is 794 g/mol. The van der Waals surface area contributed by atoms with Gasteiger partial charge in [0.2, 0.25) is 0 Å². The number of nitrogens with zero attached hydrogens (tertiary/aromatic N) is 9. The second kappa shape index (κ2) is 24.2. The molecule has 0 saturated heterocycles. The first-order valence-electron chi connectivity index (χ1n) is 18.6. The van der Waals surface area contributed by atoms with E-state index < -0.39 is 0 Å². The molecule has 0 bridgehead atoms. The van der Waals surface area contributed by atoms with Gasteiger partial charge in [0, 0.05) is 102 Å². The number of hydrogen-bond acceptors (Lipinski definition) is 13. The van der Waals surface area contributed by atoms with Crippen molar-refractivity contribution in [2.24, 2.45) is 0 Å². The van der Waals surface area contributed by atoms with Gasteiger partial charge in [0.25, 0.3) is 0 Å². The summed E-state index contributed by atoms with van der Waals surface area (Å²) >= 11 is 3.45. The molecule has 6 aromatic heterocycles. The van der Waals surface area contributed by atoms with Crippen molar-refractivity contribution in [2.75, 3.05) is 48.8 Å². The van der Waals surface area contributed by atoms with Crippen LogP contribution in [-0.4, -0.2) is 77.0 Å². The van der Waals surface area contributed by atoms with Gasteiger partial charge in [-0.05, 0) is 92.8 Å². The number of halogens is 1. The third-order valence-corrected chi connectivity index (χ3v) is 8.70. The molecule has 8 N–H and O–H groups in total. The number of nitrogens with one attached hydrogen (secondary N) is 4. The number of rotatable bonds is 12. The monoisotopic (exact) mass is 845 g/mol. The minimum absolute atomic E-state index is 0. The zero-order chi connectivity index (χ0) is 40.1. The largest absolute Gasteiger partial charge is 0.384 e. The molecule has 8 rings (SSSR count). The van der Waals surface area contributed by atoms with E-state index in [1.807, 2.05) is 98.2 Å². The number of benzene rings is 2. The van der Waals surface area contributed by atoms with Crippen LogP contribution in [0.3, 0.4) is 0 Å². The summed E-state index contributed by atoms with van der Waals surface area (Å²) in [6.45, 7) is 4.85. The Morgan fingerprint density at radius 2 is 1.33 bits per heavy atom. The number of fused-ring (bicyclic) bond motifs is 2. The van der Waals surface area contributed by atoms with E-state index in [1.165, 1.54) is 12.8 Å². The van der Waals surface area contributed by atoms with E-state index in [9.17, 15) is 0 Å². The summed E-state index contributed by atoms with van der Waals surface area (Å²) in [6.07, 6.45) is 14.6. The van der Waals surface area contributed by atoms with Crippen molar-refractivity contribution in [3.63, 3.8) is 0 Å². The molecule has 8 aromatic rings. The molecule has 0 saturated carbocycles. The molecule has 2 aromatic carbocycles. The first-order chi connectivity index (χ1) is 27.9. The van der Waals surface area contributed by atoms with Crippen molar-refractivity contribution >= 4 is 60.7 Å². The molecule has 15 nitrogen and oxygen atoms in total. The van der Waals surface area contributed by atoms with Gasteiger partial charge >= 0.3 is 0 Å². The highest BCUT2D eigenvalue weighted by Crippen LogP contribution is 2.28. The van der Waals surface area contributed by atoms with E-state index >= 15 is 0 Å². The molecule has 0 aliphatic rings. The fourth-order valence-electron chi connectivity index (χ4n) is 5.47. The summed E-state index contributed by atoms with van der Waals surface area (Å²) in [5, 5.41) is 38.3. The van der Waals surface area contributed by atoms with E-state index in [1.54, 1.807) is 35.7 Å². The molecule has 0 aliphatic carbocycles. The second-order valence-corrected chi connectivity index (χ2v) is 13.4. The molecule has 0 atom stereocenters. The summed E-state index contributed by atoms with van der Waals surface area (Å²) in [5.41, 5.74) is 18.3. The Bertz CT molecular complexity index is 2300. The van der Waals surface area contributed by atoms with E-state index in [-0.39, 0.29) is 7.43 Å². The maximum Gasteiger partial charge on any atom is 0.126 e. The van der Waals surface area contributed by atoms with Gasteiger partial charge in [-0.2, -0.15) is 30.6 Å². The highest BCUT2D eigenvalue weighted by atomic mass is 79.9. The third kappa shape index (κ3) is 14.2. The van der Waals surface area contributed by atoms with Gasteiger partial charge in [-0.3, -0.25) is 5.10 Å². The highest BCUT2D eigenvalue weighted by Gasteiger charge is 2.08.